The van der Waals surface area contributed by atoms with Gasteiger partial charge >= 0.3 is 5.97 Å². The molecule has 2 heterocycles. The largest absolute Gasteiger partial charge is 0.455 e. The van der Waals surface area contributed by atoms with Gasteiger partial charge in [0.05, 0.1) is 22.7 Å². The number of anilines is 1. The highest BCUT2D eigenvalue weighted by Crippen LogP contribution is 2.26. The minimum absolute atomic E-state index is 0.0282. The van der Waals surface area contributed by atoms with Gasteiger partial charge in [-0.05, 0) is 12.1 Å². The Hall–Kier alpha value is -2.78. The third kappa shape index (κ3) is 5.14. The molecule has 0 unspecified atom stereocenters. The fourth-order valence-corrected chi connectivity index (χ4v) is 3.02. The molecular formula is C18H17ClN4O4S. The number of hydrogen-bond acceptors (Lipinski definition) is 8. The molecule has 28 heavy (non-hydrogen) atoms. The molecule has 0 aliphatic rings. The number of esters is 1. The molecule has 1 N–H and O–H groups in total. The Morgan fingerprint density at radius 1 is 1.29 bits per heavy atom. The number of rotatable bonds is 7. The van der Waals surface area contributed by atoms with Crippen molar-refractivity contribution in [1.29, 1.82) is 0 Å². The van der Waals surface area contributed by atoms with E-state index in [0.717, 1.165) is 0 Å². The van der Waals surface area contributed by atoms with Crippen LogP contribution in [0.25, 0.3) is 11.5 Å². The van der Waals surface area contributed by atoms with E-state index in [1.54, 1.807) is 43.5 Å². The van der Waals surface area contributed by atoms with Crippen molar-refractivity contribution in [3.05, 3.63) is 46.3 Å². The predicted molar refractivity (Wildman–Crippen MR) is 104 cm³/mol. The van der Waals surface area contributed by atoms with Crippen LogP contribution in [0.15, 0.2) is 34.1 Å². The third-order valence-corrected chi connectivity index (χ3v) is 4.70. The molecule has 10 heteroatoms. The highest BCUT2D eigenvalue weighted by Gasteiger charge is 2.15. The van der Waals surface area contributed by atoms with Crippen molar-refractivity contribution in [2.45, 2.75) is 26.9 Å². The molecule has 0 aliphatic heterocycles. The van der Waals surface area contributed by atoms with E-state index in [1.165, 1.54) is 11.3 Å². The zero-order valence-corrected chi connectivity index (χ0v) is 16.7. The highest BCUT2D eigenvalue weighted by molar-refractivity contribution is 7.13. The average molecular weight is 421 g/mol. The first-order chi connectivity index (χ1) is 13.4. The molecule has 146 valence electrons. The van der Waals surface area contributed by atoms with Gasteiger partial charge in [-0.2, -0.15) is 0 Å². The molecule has 0 atom stereocenters. The van der Waals surface area contributed by atoms with Gasteiger partial charge in [0.1, 0.15) is 0 Å². The van der Waals surface area contributed by atoms with Gasteiger partial charge in [-0.15, -0.1) is 21.5 Å². The summed E-state index contributed by atoms with van der Waals surface area (Å²) in [5.41, 5.74) is 1.11. The van der Waals surface area contributed by atoms with Crippen molar-refractivity contribution in [2.24, 2.45) is 5.92 Å². The quantitative estimate of drug-likeness (QED) is 0.580. The summed E-state index contributed by atoms with van der Waals surface area (Å²) in [6.45, 7) is 3.42. The summed E-state index contributed by atoms with van der Waals surface area (Å²) in [6, 6.07) is 7.07. The fourth-order valence-electron chi connectivity index (χ4n) is 2.09. The second kappa shape index (κ2) is 8.94. The van der Waals surface area contributed by atoms with Crippen molar-refractivity contribution in [1.82, 2.24) is 15.2 Å². The van der Waals surface area contributed by atoms with Crippen molar-refractivity contribution < 1.29 is 18.7 Å². The molecule has 3 rings (SSSR count). The molecule has 1 aromatic carbocycles. The molecule has 0 aliphatic carbocycles. The van der Waals surface area contributed by atoms with E-state index < -0.39 is 5.97 Å². The summed E-state index contributed by atoms with van der Waals surface area (Å²) < 4.78 is 10.6. The molecule has 1 amide bonds. The number of aromatic nitrogens is 3. The lowest BCUT2D eigenvalue weighted by atomic mass is 10.2. The molecule has 2 aromatic heterocycles. The molecule has 3 aromatic rings. The van der Waals surface area contributed by atoms with Crippen LogP contribution in [0.1, 0.15) is 25.4 Å². The van der Waals surface area contributed by atoms with Crippen LogP contribution in [0.2, 0.25) is 5.02 Å². The van der Waals surface area contributed by atoms with E-state index in [1.807, 2.05) is 0 Å². The molecule has 0 radical (unpaired) electrons. The van der Waals surface area contributed by atoms with Gasteiger partial charge in [0, 0.05) is 11.3 Å². The standard InChI is InChI=1S/C18H17ClN4O4S/c1-10(2)16(25)21-18-20-11(9-28-18)7-15(24)26-8-14-22-23-17(27-14)12-5-3-4-6-13(12)19/h3-6,9-10H,7-8H2,1-2H3,(H,20,21,25). The van der Waals surface area contributed by atoms with Gasteiger partial charge in [0.15, 0.2) is 11.7 Å². The van der Waals surface area contributed by atoms with Crippen LogP contribution in [0.4, 0.5) is 5.13 Å². The maximum Gasteiger partial charge on any atom is 0.312 e. The normalized spacial score (nSPS) is 10.9. The van der Waals surface area contributed by atoms with Crippen LogP contribution >= 0.6 is 22.9 Å². The molecule has 8 nitrogen and oxygen atoms in total. The second-order valence-electron chi connectivity index (χ2n) is 6.11. The van der Waals surface area contributed by atoms with E-state index in [-0.39, 0.29) is 36.6 Å². The number of nitrogens with zero attached hydrogens (tertiary/aromatic N) is 3. The number of thiazole rings is 1. The summed E-state index contributed by atoms with van der Waals surface area (Å²) in [5, 5.41) is 13.1. The van der Waals surface area contributed by atoms with Gasteiger partial charge in [0.2, 0.25) is 11.8 Å². The summed E-state index contributed by atoms with van der Waals surface area (Å²) in [7, 11) is 0. The van der Waals surface area contributed by atoms with Gasteiger partial charge in [-0.1, -0.05) is 37.6 Å². The van der Waals surface area contributed by atoms with Crippen LogP contribution in [-0.4, -0.2) is 27.1 Å². The minimum Gasteiger partial charge on any atom is -0.455 e. The lowest BCUT2D eigenvalue weighted by Gasteiger charge is -2.03. The maximum atomic E-state index is 12.0. The molecule has 0 saturated carbocycles. The van der Waals surface area contributed by atoms with Crippen LogP contribution in [0, 0.1) is 5.92 Å². The Morgan fingerprint density at radius 2 is 2.07 bits per heavy atom. The molecule has 0 saturated heterocycles. The molecule has 0 fully saturated rings. The zero-order valence-electron chi connectivity index (χ0n) is 15.1. The van der Waals surface area contributed by atoms with Crippen LogP contribution in [-0.2, 0) is 27.4 Å². The smallest absolute Gasteiger partial charge is 0.312 e. The lowest BCUT2D eigenvalue weighted by molar-refractivity contribution is -0.144. The second-order valence-corrected chi connectivity index (χ2v) is 7.37. The van der Waals surface area contributed by atoms with Crippen molar-refractivity contribution in [3.63, 3.8) is 0 Å². The first kappa shape index (κ1) is 20.0. The average Bonchev–Trinajstić information content (AvgIpc) is 3.30. The maximum absolute atomic E-state index is 12.0. The summed E-state index contributed by atoms with van der Waals surface area (Å²) in [4.78, 5) is 27.9. The summed E-state index contributed by atoms with van der Waals surface area (Å²) in [6.07, 6.45) is -0.0282. The van der Waals surface area contributed by atoms with E-state index in [0.29, 0.717) is 21.4 Å². The number of hydrogen-bond donors (Lipinski definition) is 1. The lowest BCUT2D eigenvalue weighted by Crippen LogP contribution is -2.17. The fraction of sp³-hybridized carbons (Fsp3) is 0.278. The van der Waals surface area contributed by atoms with E-state index >= 15 is 0 Å². The van der Waals surface area contributed by atoms with Crippen molar-refractivity contribution in [3.8, 4) is 11.5 Å². The van der Waals surface area contributed by atoms with Crippen LogP contribution in [0.5, 0.6) is 0 Å². The van der Waals surface area contributed by atoms with Crippen molar-refractivity contribution in [2.75, 3.05) is 5.32 Å². The van der Waals surface area contributed by atoms with Gasteiger partial charge in [-0.3, -0.25) is 9.59 Å². The first-order valence-corrected chi connectivity index (χ1v) is 9.66. The SMILES string of the molecule is CC(C)C(=O)Nc1nc(CC(=O)OCc2nnc(-c3ccccc3Cl)o2)cs1. The number of halogens is 1. The number of amides is 1. The molecule has 0 bridgehead atoms. The minimum atomic E-state index is -0.496. The van der Waals surface area contributed by atoms with E-state index in [4.69, 9.17) is 20.8 Å². The van der Waals surface area contributed by atoms with Crippen LogP contribution < -0.4 is 5.32 Å². The molecule has 0 spiro atoms. The Kier molecular flexibility index (Phi) is 6.37. The monoisotopic (exact) mass is 420 g/mol. The van der Waals surface area contributed by atoms with E-state index in [2.05, 4.69) is 20.5 Å². The van der Waals surface area contributed by atoms with Gasteiger partial charge < -0.3 is 14.5 Å². The van der Waals surface area contributed by atoms with Gasteiger partial charge in [0.25, 0.3) is 5.89 Å². The number of nitrogens with one attached hydrogen (secondary N) is 1. The Bertz CT molecular complexity index is 985. The van der Waals surface area contributed by atoms with E-state index in [9.17, 15) is 9.59 Å². The van der Waals surface area contributed by atoms with Crippen molar-refractivity contribution >= 4 is 39.9 Å². The Labute approximate surface area is 169 Å². The topological polar surface area (TPSA) is 107 Å². The number of carbonyl (C=O) groups is 2. The highest BCUT2D eigenvalue weighted by atomic mass is 35.5. The Morgan fingerprint density at radius 3 is 2.82 bits per heavy atom. The third-order valence-electron chi connectivity index (χ3n) is 3.56. The first-order valence-electron chi connectivity index (χ1n) is 8.40. The van der Waals surface area contributed by atoms with Crippen LogP contribution in [0.3, 0.4) is 0 Å². The Balaban J connectivity index is 1.52. The number of benzene rings is 1. The number of ether oxygens (including phenoxy) is 1. The summed E-state index contributed by atoms with van der Waals surface area (Å²) in [5.74, 6) is -0.366. The summed E-state index contributed by atoms with van der Waals surface area (Å²) >= 11 is 7.34. The predicted octanol–water partition coefficient (Wildman–Crippen LogP) is 3.73. The zero-order chi connectivity index (χ0) is 20.1. The van der Waals surface area contributed by atoms with Gasteiger partial charge in [-0.25, -0.2) is 4.98 Å². The number of carbonyl (C=O) groups excluding carboxylic acids is 2. The molecular weight excluding hydrogens is 404 g/mol.